The highest BCUT2D eigenvalue weighted by molar-refractivity contribution is 5.94. The van der Waals surface area contributed by atoms with E-state index in [1.165, 1.54) is 32.1 Å². The molecule has 4 aliphatic rings. The Morgan fingerprint density at radius 1 is 1.00 bits per heavy atom. The van der Waals surface area contributed by atoms with Gasteiger partial charge in [0.2, 0.25) is 0 Å². The molecular weight excluding hydrogens is 260 g/mol. The van der Waals surface area contributed by atoms with Crippen molar-refractivity contribution >= 4 is 5.91 Å². The Hall–Kier alpha value is -1.35. The van der Waals surface area contributed by atoms with Crippen molar-refractivity contribution in [3.63, 3.8) is 0 Å². The number of carbonyl (C=O) groups excluding carboxylic acids is 1. The van der Waals surface area contributed by atoms with Crippen molar-refractivity contribution in [2.75, 3.05) is 6.54 Å². The molecule has 2 saturated heterocycles. The van der Waals surface area contributed by atoms with Gasteiger partial charge in [-0.15, -0.1) is 0 Å². The van der Waals surface area contributed by atoms with E-state index in [-0.39, 0.29) is 5.91 Å². The Morgan fingerprint density at radius 3 is 2.24 bits per heavy atom. The normalized spacial score (nSPS) is 34.0. The van der Waals surface area contributed by atoms with Crippen molar-refractivity contribution in [1.29, 1.82) is 0 Å². The van der Waals surface area contributed by atoms with E-state index in [0.717, 1.165) is 35.4 Å². The van der Waals surface area contributed by atoms with Crippen LogP contribution in [0.2, 0.25) is 0 Å². The summed E-state index contributed by atoms with van der Waals surface area (Å²) in [6.07, 6.45) is 6.59. The molecule has 1 aromatic rings. The lowest BCUT2D eigenvalue weighted by molar-refractivity contribution is 0.0632. The van der Waals surface area contributed by atoms with Gasteiger partial charge in [0, 0.05) is 24.7 Å². The first kappa shape index (κ1) is 13.3. The van der Waals surface area contributed by atoms with Crippen molar-refractivity contribution in [3.8, 4) is 0 Å². The molecular formula is C18H24N2O. The van der Waals surface area contributed by atoms with Crippen LogP contribution < -0.4 is 5.73 Å². The van der Waals surface area contributed by atoms with Gasteiger partial charge in [-0.1, -0.05) is 12.1 Å². The highest BCUT2D eigenvalue weighted by Gasteiger charge is 2.44. The molecule has 4 fully saturated rings. The van der Waals surface area contributed by atoms with Crippen LogP contribution >= 0.6 is 0 Å². The van der Waals surface area contributed by atoms with Gasteiger partial charge < -0.3 is 10.6 Å². The van der Waals surface area contributed by atoms with Crippen molar-refractivity contribution in [1.82, 2.24) is 4.90 Å². The van der Waals surface area contributed by atoms with Crippen molar-refractivity contribution < 1.29 is 4.79 Å². The maximum atomic E-state index is 12.9. The van der Waals surface area contributed by atoms with E-state index in [9.17, 15) is 4.79 Å². The molecule has 0 radical (unpaired) electrons. The zero-order valence-electron chi connectivity index (χ0n) is 12.5. The summed E-state index contributed by atoms with van der Waals surface area (Å²) in [4.78, 5) is 15.1. The molecule has 2 unspecified atom stereocenters. The molecule has 0 spiro atoms. The zero-order chi connectivity index (χ0) is 14.4. The SMILES string of the molecule is NCc1ccc(C(=O)N2CC3CC4CC(C3)CC2C4)cc1. The van der Waals surface area contributed by atoms with Crippen LogP contribution in [0, 0.1) is 17.8 Å². The molecule has 112 valence electrons. The van der Waals surface area contributed by atoms with Crippen molar-refractivity contribution in [3.05, 3.63) is 35.4 Å². The Kier molecular flexibility index (Phi) is 3.26. The quantitative estimate of drug-likeness (QED) is 0.907. The van der Waals surface area contributed by atoms with E-state index in [1.807, 2.05) is 24.3 Å². The Balaban J connectivity index is 1.58. The largest absolute Gasteiger partial charge is 0.335 e. The topological polar surface area (TPSA) is 46.3 Å². The Morgan fingerprint density at radius 2 is 1.62 bits per heavy atom. The second-order valence-electron chi connectivity index (χ2n) is 7.29. The molecule has 1 aromatic carbocycles. The lowest BCUT2D eigenvalue weighted by Crippen LogP contribution is -2.42. The second-order valence-corrected chi connectivity index (χ2v) is 7.29. The van der Waals surface area contributed by atoms with Crippen LogP contribution in [0.25, 0.3) is 0 Å². The van der Waals surface area contributed by atoms with E-state index < -0.39 is 0 Å². The number of amides is 1. The Bertz CT molecular complexity index is 525. The second kappa shape index (κ2) is 5.13. The lowest BCUT2D eigenvalue weighted by Gasteiger charge is -2.39. The first-order valence-corrected chi connectivity index (χ1v) is 8.33. The average Bonchev–Trinajstić information content (AvgIpc) is 2.70. The number of benzene rings is 1. The van der Waals surface area contributed by atoms with Gasteiger partial charge in [0.05, 0.1) is 0 Å². The first-order valence-electron chi connectivity index (χ1n) is 8.33. The molecule has 2 heterocycles. The number of hydrogen-bond acceptors (Lipinski definition) is 2. The minimum Gasteiger partial charge on any atom is -0.335 e. The standard InChI is InChI=1S/C18H24N2O/c19-10-12-1-3-16(4-2-12)18(21)20-11-15-6-13-5-14(7-15)9-17(20)8-13/h1-4,13-15,17H,5-11,19H2. The third-order valence-electron chi connectivity index (χ3n) is 5.80. The smallest absolute Gasteiger partial charge is 0.254 e. The van der Waals surface area contributed by atoms with E-state index in [0.29, 0.717) is 12.6 Å². The summed E-state index contributed by atoms with van der Waals surface area (Å²) >= 11 is 0. The summed E-state index contributed by atoms with van der Waals surface area (Å²) in [5.41, 5.74) is 7.55. The van der Waals surface area contributed by atoms with E-state index in [4.69, 9.17) is 5.73 Å². The summed E-state index contributed by atoms with van der Waals surface area (Å²) in [6.45, 7) is 1.52. The molecule has 1 amide bonds. The lowest BCUT2D eigenvalue weighted by atomic mass is 9.68. The molecule has 2 aliphatic carbocycles. The molecule has 5 rings (SSSR count). The molecule has 0 aromatic heterocycles. The van der Waals surface area contributed by atoms with Crippen LogP contribution in [0.4, 0.5) is 0 Å². The molecule has 2 N–H and O–H groups in total. The van der Waals surface area contributed by atoms with E-state index in [2.05, 4.69) is 4.90 Å². The minimum atomic E-state index is 0.233. The Labute approximate surface area is 126 Å². The van der Waals surface area contributed by atoms with Crippen LogP contribution in [-0.2, 0) is 6.54 Å². The predicted molar refractivity (Wildman–Crippen MR) is 82.7 cm³/mol. The summed E-state index contributed by atoms with van der Waals surface area (Å²) < 4.78 is 0. The number of nitrogens with two attached hydrogens (primary N) is 1. The van der Waals surface area contributed by atoms with Crippen LogP contribution in [-0.4, -0.2) is 23.4 Å². The average molecular weight is 284 g/mol. The van der Waals surface area contributed by atoms with Gasteiger partial charge in [0.25, 0.3) is 5.91 Å². The number of hydrogen-bond donors (Lipinski definition) is 1. The summed E-state index contributed by atoms with van der Waals surface area (Å²) in [5.74, 6) is 2.74. The minimum absolute atomic E-state index is 0.233. The van der Waals surface area contributed by atoms with Gasteiger partial charge in [-0.3, -0.25) is 4.79 Å². The van der Waals surface area contributed by atoms with E-state index in [1.54, 1.807) is 0 Å². The highest BCUT2D eigenvalue weighted by Crippen LogP contribution is 2.47. The van der Waals surface area contributed by atoms with Crippen LogP contribution in [0.15, 0.2) is 24.3 Å². The number of nitrogens with zero attached hydrogens (tertiary/aromatic N) is 1. The van der Waals surface area contributed by atoms with Crippen LogP contribution in [0.1, 0.15) is 48.0 Å². The van der Waals surface area contributed by atoms with Gasteiger partial charge in [0.1, 0.15) is 0 Å². The van der Waals surface area contributed by atoms with Gasteiger partial charge >= 0.3 is 0 Å². The van der Waals surface area contributed by atoms with E-state index >= 15 is 0 Å². The van der Waals surface area contributed by atoms with Gasteiger partial charge in [-0.25, -0.2) is 0 Å². The fraction of sp³-hybridized carbons (Fsp3) is 0.611. The highest BCUT2D eigenvalue weighted by atomic mass is 16.2. The number of rotatable bonds is 2. The fourth-order valence-electron chi connectivity index (χ4n) is 4.98. The first-order chi connectivity index (χ1) is 10.2. The molecule has 2 atom stereocenters. The maximum absolute atomic E-state index is 12.9. The van der Waals surface area contributed by atoms with Crippen LogP contribution in [0.3, 0.4) is 0 Å². The predicted octanol–water partition coefficient (Wildman–Crippen LogP) is 2.80. The molecule has 3 nitrogen and oxygen atoms in total. The van der Waals surface area contributed by atoms with Gasteiger partial charge in [-0.05, 0) is 67.6 Å². The third kappa shape index (κ3) is 2.38. The summed E-state index contributed by atoms with van der Waals surface area (Å²) in [5, 5.41) is 0. The van der Waals surface area contributed by atoms with Crippen molar-refractivity contribution in [2.24, 2.45) is 23.5 Å². The van der Waals surface area contributed by atoms with Gasteiger partial charge in [0.15, 0.2) is 0 Å². The third-order valence-corrected chi connectivity index (χ3v) is 5.80. The molecule has 21 heavy (non-hydrogen) atoms. The van der Waals surface area contributed by atoms with Gasteiger partial charge in [-0.2, -0.15) is 0 Å². The molecule has 4 bridgehead atoms. The molecule has 3 heteroatoms. The summed E-state index contributed by atoms with van der Waals surface area (Å²) in [6, 6.07) is 8.34. The zero-order valence-corrected chi connectivity index (χ0v) is 12.5. The monoisotopic (exact) mass is 284 g/mol. The van der Waals surface area contributed by atoms with Crippen molar-refractivity contribution in [2.45, 2.75) is 44.7 Å². The maximum Gasteiger partial charge on any atom is 0.254 e. The molecule has 2 aliphatic heterocycles. The number of fused-ring (bicyclic) bond motifs is 1. The fourth-order valence-corrected chi connectivity index (χ4v) is 4.98. The summed E-state index contributed by atoms with van der Waals surface area (Å²) in [7, 11) is 0. The van der Waals surface area contributed by atoms with Crippen LogP contribution in [0.5, 0.6) is 0 Å². The number of carbonyl (C=O) groups is 1. The molecule has 2 saturated carbocycles.